The second kappa shape index (κ2) is 3.86. The molecule has 0 saturated carbocycles. The highest BCUT2D eigenvalue weighted by atomic mass is 16.3. The molecule has 0 atom stereocenters. The van der Waals surface area contributed by atoms with Crippen LogP contribution in [0.15, 0.2) is 21.5 Å². The minimum Gasteiger partial charge on any atom is -0.502 e. The van der Waals surface area contributed by atoms with Crippen LogP contribution < -0.4 is 5.43 Å². The lowest BCUT2D eigenvalue weighted by Crippen LogP contribution is -2.08. The number of aryl methyl sites for hydroxylation is 1. The van der Waals surface area contributed by atoms with E-state index in [1.165, 1.54) is 6.07 Å². The maximum Gasteiger partial charge on any atom is 0.226 e. The van der Waals surface area contributed by atoms with Crippen LogP contribution in [0.5, 0.6) is 5.75 Å². The Hall–Kier alpha value is -1.25. The van der Waals surface area contributed by atoms with E-state index in [1.807, 2.05) is 0 Å². The van der Waals surface area contributed by atoms with Gasteiger partial charge in [-0.2, -0.15) is 0 Å². The lowest BCUT2D eigenvalue weighted by atomic mass is 9.90. The van der Waals surface area contributed by atoms with Gasteiger partial charge in [0.1, 0.15) is 12.0 Å². The van der Waals surface area contributed by atoms with Gasteiger partial charge in [0.25, 0.3) is 0 Å². The lowest BCUT2D eigenvalue weighted by Gasteiger charge is -2.16. The van der Waals surface area contributed by atoms with Crippen molar-refractivity contribution in [2.75, 3.05) is 0 Å². The first-order valence-electron chi connectivity index (χ1n) is 4.69. The molecule has 1 N–H and O–H groups in total. The Kier molecular flexibility index (Phi) is 2.99. The molecule has 3 nitrogen and oxygen atoms in total. The molecular weight excluding hydrogens is 180 g/mol. The normalized spacial score (nSPS) is 11.6. The molecule has 14 heavy (non-hydrogen) atoms. The van der Waals surface area contributed by atoms with E-state index in [2.05, 4.69) is 20.8 Å². The van der Waals surface area contributed by atoms with Crippen molar-refractivity contribution in [3.8, 4) is 5.75 Å². The molecule has 0 aliphatic rings. The average molecular weight is 196 g/mol. The van der Waals surface area contributed by atoms with E-state index in [4.69, 9.17) is 9.52 Å². The van der Waals surface area contributed by atoms with E-state index >= 15 is 0 Å². The maximum absolute atomic E-state index is 11.1. The van der Waals surface area contributed by atoms with Crippen LogP contribution in [0.2, 0.25) is 0 Å². The topological polar surface area (TPSA) is 50.4 Å². The molecule has 1 aromatic rings. The van der Waals surface area contributed by atoms with Gasteiger partial charge in [-0.3, -0.25) is 4.79 Å². The predicted molar refractivity (Wildman–Crippen MR) is 54.4 cm³/mol. The van der Waals surface area contributed by atoms with Gasteiger partial charge in [-0.1, -0.05) is 20.8 Å². The molecule has 0 aromatic carbocycles. The highest BCUT2D eigenvalue weighted by Gasteiger charge is 2.11. The molecule has 0 bridgehead atoms. The van der Waals surface area contributed by atoms with E-state index in [0.29, 0.717) is 5.76 Å². The molecule has 3 heteroatoms. The zero-order valence-corrected chi connectivity index (χ0v) is 8.83. The number of hydrogen-bond acceptors (Lipinski definition) is 3. The summed E-state index contributed by atoms with van der Waals surface area (Å²) < 4.78 is 5.08. The molecule has 0 amide bonds. The molecular formula is C11H16O3. The Bertz CT molecular complexity index is 358. The molecule has 1 aromatic heterocycles. The summed E-state index contributed by atoms with van der Waals surface area (Å²) in [4.78, 5) is 11.1. The highest BCUT2D eigenvalue weighted by Crippen LogP contribution is 2.21. The first-order valence-corrected chi connectivity index (χ1v) is 4.69. The Balaban J connectivity index is 2.70. The van der Waals surface area contributed by atoms with Gasteiger partial charge in [0.05, 0.1) is 0 Å². The molecule has 0 fully saturated rings. The monoisotopic (exact) mass is 196 g/mol. The molecule has 0 radical (unpaired) electrons. The summed E-state index contributed by atoms with van der Waals surface area (Å²) >= 11 is 0. The lowest BCUT2D eigenvalue weighted by molar-refractivity contribution is 0.350. The van der Waals surface area contributed by atoms with Crippen LogP contribution in [-0.4, -0.2) is 5.11 Å². The van der Waals surface area contributed by atoms with Crippen LogP contribution in [0, 0.1) is 5.41 Å². The summed E-state index contributed by atoms with van der Waals surface area (Å²) in [7, 11) is 0. The van der Waals surface area contributed by atoms with Crippen LogP contribution in [0.25, 0.3) is 0 Å². The molecule has 1 rings (SSSR count). The third-order valence-corrected chi connectivity index (χ3v) is 1.99. The fourth-order valence-electron chi connectivity index (χ4n) is 1.07. The van der Waals surface area contributed by atoms with Gasteiger partial charge in [-0.15, -0.1) is 0 Å². The number of rotatable bonds is 2. The molecule has 0 unspecified atom stereocenters. The van der Waals surface area contributed by atoms with Crippen molar-refractivity contribution < 1.29 is 9.52 Å². The fraction of sp³-hybridized carbons (Fsp3) is 0.545. The van der Waals surface area contributed by atoms with Crippen molar-refractivity contribution in [2.24, 2.45) is 5.41 Å². The van der Waals surface area contributed by atoms with Gasteiger partial charge in [0, 0.05) is 12.5 Å². The largest absolute Gasteiger partial charge is 0.502 e. The van der Waals surface area contributed by atoms with Gasteiger partial charge in [-0.05, 0) is 11.8 Å². The standard InChI is InChI=1S/C11H16O3/c1-11(2,3)5-4-8-6-9(12)10(13)7-14-8/h6-7,13H,4-5H2,1-3H3. The van der Waals surface area contributed by atoms with Crippen LogP contribution in [0.3, 0.4) is 0 Å². The second-order valence-corrected chi connectivity index (χ2v) is 4.66. The summed E-state index contributed by atoms with van der Waals surface area (Å²) in [6.45, 7) is 6.39. The van der Waals surface area contributed by atoms with Gasteiger partial charge in [0.15, 0.2) is 5.75 Å². The summed E-state index contributed by atoms with van der Waals surface area (Å²) in [6, 6.07) is 1.35. The van der Waals surface area contributed by atoms with Crippen molar-refractivity contribution in [3.05, 3.63) is 28.3 Å². The Morgan fingerprint density at radius 2 is 2.07 bits per heavy atom. The van der Waals surface area contributed by atoms with Gasteiger partial charge < -0.3 is 9.52 Å². The van der Waals surface area contributed by atoms with Gasteiger partial charge in [-0.25, -0.2) is 0 Å². The third-order valence-electron chi connectivity index (χ3n) is 1.99. The predicted octanol–water partition coefficient (Wildman–Crippen LogP) is 2.32. The first kappa shape index (κ1) is 10.8. The van der Waals surface area contributed by atoms with E-state index in [-0.39, 0.29) is 16.6 Å². The fourth-order valence-corrected chi connectivity index (χ4v) is 1.07. The Morgan fingerprint density at radius 1 is 1.43 bits per heavy atom. The molecule has 0 aliphatic heterocycles. The number of aromatic hydroxyl groups is 1. The van der Waals surface area contributed by atoms with Crippen LogP contribution in [-0.2, 0) is 6.42 Å². The van der Waals surface area contributed by atoms with Crippen molar-refractivity contribution in [1.29, 1.82) is 0 Å². The molecule has 0 aliphatic carbocycles. The summed E-state index contributed by atoms with van der Waals surface area (Å²) in [5.41, 5.74) is -0.156. The summed E-state index contributed by atoms with van der Waals surface area (Å²) in [5.74, 6) is 0.298. The quantitative estimate of drug-likeness (QED) is 0.789. The zero-order valence-electron chi connectivity index (χ0n) is 8.83. The first-order chi connectivity index (χ1) is 6.38. The average Bonchev–Trinajstić information content (AvgIpc) is 2.06. The van der Waals surface area contributed by atoms with E-state index in [9.17, 15) is 4.79 Å². The summed E-state index contributed by atoms with van der Waals surface area (Å²) in [5, 5.41) is 8.97. The molecule has 1 heterocycles. The Morgan fingerprint density at radius 3 is 2.57 bits per heavy atom. The van der Waals surface area contributed by atoms with Gasteiger partial charge >= 0.3 is 0 Å². The molecule has 0 spiro atoms. The zero-order chi connectivity index (χ0) is 10.8. The van der Waals surface area contributed by atoms with E-state index in [1.54, 1.807) is 0 Å². The van der Waals surface area contributed by atoms with Crippen molar-refractivity contribution >= 4 is 0 Å². The Labute approximate surface area is 83.4 Å². The van der Waals surface area contributed by atoms with Crippen LogP contribution in [0.1, 0.15) is 33.0 Å². The van der Waals surface area contributed by atoms with Crippen LogP contribution in [0.4, 0.5) is 0 Å². The minimum absolute atomic E-state index is 0.219. The molecule has 78 valence electrons. The SMILES string of the molecule is CC(C)(C)CCc1cc(=O)c(O)co1. The van der Waals surface area contributed by atoms with E-state index in [0.717, 1.165) is 19.1 Å². The maximum atomic E-state index is 11.1. The van der Waals surface area contributed by atoms with E-state index < -0.39 is 0 Å². The minimum atomic E-state index is -0.375. The summed E-state index contributed by atoms with van der Waals surface area (Å²) in [6.07, 6.45) is 2.76. The van der Waals surface area contributed by atoms with Crippen molar-refractivity contribution in [2.45, 2.75) is 33.6 Å². The van der Waals surface area contributed by atoms with Crippen molar-refractivity contribution in [1.82, 2.24) is 0 Å². The highest BCUT2D eigenvalue weighted by molar-refractivity contribution is 5.15. The second-order valence-electron chi connectivity index (χ2n) is 4.66. The molecule has 0 saturated heterocycles. The van der Waals surface area contributed by atoms with Crippen molar-refractivity contribution in [3.63, 3.8) is 0 Å². The smallest absolute Gasteiger partial charge is 0.226 e. The number of hydrogen-bond donors (Lipinski definition) is 1. The van der Waals surface area contributed by atoms with Gasteiger partial charge in [0.2, 0.25) is 5.43 Å². The van der Waals surface area contributed by atoms with Crippen LogP contribution >= 0.6 is 0 Å². The third kappa shape index (κ3) is 3.24.